The van der Waals surface area contributed by atoms with E-state index in [-0.39, 0.29) is 17.5 Å². The van der Waals surface area contributed by atoms with E-state index < -0.39 is 10.0 Å². The van der Waals surface area contributed by atoms with Crippen molar-refractivity contribution in [2.45, 2.75) is 17.9 Å². The molecule has 8 heteroatoms. The van der Waals surface area contributed by atoms with E-state index in [4.69, 9.17) is 0 Å². The van der Waals surface area contributed by atoms with Crippen molar-refractivity contribution in [3.63, 3.8) is 0 Å². The van der Waals surface area contributed by atoms with Crippen LogP contribution in [0, 0.1) is 0 Å². The number of amides is 1. The van der Waals surface area contributed by atoms with E-state index in [0.717, 1.165) is 24.1 Å². The Bertz CT molecular complexity index is 829. The lowest BCUT2D eigenvalue weighted by molar-refractivity contribution is -0.117. The lowest BCUT2D eigenvalue weighted by Gasteiger charge is -2.29. The highest BCUT2D eigenvalue weighted by atomic mass is 32.2. The Morgan fingerprint density at radius 2 is 2.13 bits per heavy atom. The summed E-state index contributed by atoms with van der Waals surface area (Å²) in [4.78, 5) is 17.9. The summed E-state index contributed by atoms with van der Waals surface area (Å²) in [5.41, 5.74) is 1.97. The molecule has 2 heterocycles. The lowest BCUT2D eigenvalue weighted by atomic mass is 10.0. The molecule has 1 aromatic carbocycles. The second-order valence-corrected chi connectivity index (χ2v) is 7.19. The first kappa shape index (κ1) is 15.7. The van der Waals surface area contributed by atoms with Gasteiger partial charge >= 0.3 is 0 Å². The van der Waals surface area contributed by atoms with E-state index in [1.807, 2.05) is 24.3 Å². The zero-order valence-electron chi connectivity index (χ0n) is 12.8. The van der Waals surface area contributed by atoms with Crippen molar-refractivity contribution in [1.82, 2.24) is 14.3 Å². The summed E-state index contributed by atoms with van der Waals surface area (Å²) >= 11 is 0. The maximum atomic E-state index is 12.4. The molecular formula is C15H18N4O3S. The van der Waals surface area contributed by atoms with Gasteiger partial charge in [-0.05, 0) is 24.5 Å². The van der Waals surface area contributed by atoms with Crippen LogP contribution in [-0.4, -0.2) is 37.0 Å². The molecule has 1 aliphatic rings. The number of sulfonamides is 1. The van der Waals surface area contributed by atoms with Gasteiger partial charge in [-0.25, -0.2) is 18.1 Å². The monoisotopic (exact) mass is 334 g/mol. The first-order chi connectivity index (χ1) is 11.0. The van der Waals surface area contributed by atoms with Crippen LogP contribution < -0.4 is 9.62 Å². The van der Waals surface area contributed by atoms with Gasteiger partial charge < -0.3 is 9.47 Å². The Kier molecular flexibility index (Phi) is 4.18. The van der Waals surface area contributed by atoms with E-state index in [9.17, 15) is 13.2 Å². The molecule has 0 atom stereocenters. The molecule has 0 unspecified atom stereocenters. The van der Waals surface area contributed by atoms with Crippen molar-refractivity contribution in [1.29, 1.82) is 0 Å². The highest BCUT2D eigenvalue weighted by molar-refractivity contribution is 7.89. The third-order valence-corrected chi connectivity index (χ3v) is 5.07. The van der Waals surface area contributed by atoms with Gasteiger partial charge in [0.2, 0.25) is 5.91 Å². The second-order valence-electron chi connectivity index (χ2n) is 5.48. The number of nitrogens with zero attached hydrogens (tertiary/aromatic N) is 3. The van der Waals surface area contributed by atoms with Gasteiger partial charge in [-0.2, -0.15) is 0 Å². The average molecular weight is 334 g/mol. The van der Waals surface area contributed by atoms with Crippen LogP contribution in [0.4, 0.5) is 5.69 Å². The number of aromatic nitrogens is 2. The number of hydrogen-bond donors (Lipinski definition) is 1. The van der Waals surface area contributed by atoms with Gasteiger partial charge in [-0.3, -0.25) is 4.79 Å². The van der Waals surface area contributed by atoms with E-state index >= 15 is 0 Å². The SMILES string of the molecule is Cn1cnc(S(=O)(=O)NCC(=O)N2CCCc3ccccc32)c1. The number of para-hydroxylation sites is 1. The number of anilines is 1. The quantitative estimate of drug-likeness (QED) is 0.891. The summed E-state index contributed by atoms with van der Waals surface area (Å²) in [6.45, 7) is 0.314. The summed E-state index contributed by atoms with van der Waals surface area (Å²) in [5, 5.41) is -0.0909. The van der Waals surface area contributed by atoms with Gasteiger partial charge in [0.1, 0.15) is 0 Å². The molecule has 3 rings (SSSR count). The third-order valence-electron chi connectivity index (χ3n) is 3.78. The highest BCUT2D eigenvalue weighted by Crippen LogP contribution is 2.26. The fourth-order valence-electron chi connectivity index (χ4n) is 2.65. The Balaban J connectivity index is 1.71. The van der Waals surface area contributed by atoms with E-state index in [2.05, 4.69) is 9.71 Å². The summed E-state index contributed by atoms with van der Waals surface area (Å²) in [6.07, 6.45) is 4.59. The first-order valence-corrected chi connectivity index (χ1v) is 8.81. The number of imidazole rings is 1. The smallest absolute Gasteiger partial charge is 0.260 e. The molecule has 0 saturated heterocycles. The van der Waals surface area contributed by atoms with Crippen LogP contribution in [0.25, 0.3) is 0 Å². The lowest BCUT2D eigenvalue weighted by Crippen LogP contribution is -2.42. The number of aryl methyl sites for hydroxylation is 2. The Morgan fingerprint density at radius 3 is 2.87 bits per heavy atom. The third kappa shape index (κ3) is 3.27. The van der Waals surface area contributed by atoms with Crippen LogP contribution in [0.5, 0.6) is 0 Å². The van der Waals surface area contributed by atoms with Gasteiger partial charge in [0.05, 0.1) is 12.9 Å². The molecule has 0 fully saturated rings. The standard InChI is InChI=1S/C15H18N4O3S/c1-18-10-14(16-11-18)23(21,22)17-9-15(20)19-8-4-6-12-5-2-3-7-13(12)19/h2-3,5,7,10-11,17H,4,6,8-9H2,1H3. The number of hydrogen-bond acceptors (Lipinski definition) is 4. The molecule has 1 aliphatic heterocycles. The van der Waals surface area contributed by atoms with Crippen LogP contribution in [0.3, 0.4) is 0 Å². The molecule has 7 nitrogen and oxygen atoms in total. The summed E-state index contributed by atoms with van der Waals surface area (Å²) in [6, 6.07) is 7.70. The minimum Gasteiger partial charge on any atom is -0.339 e. The summed E-state index contributed by atoms with van der Waals surface area (Å²) in [7, 11) is -2.10. The van der Waals surface area contributed by atoms with Gasteiger partial charge in [0, 0.05) is 25.5 Å². The second kappa shape index (κ2) is 6.13. The highest BCUT2D eigenvalue weighted by Gasteiger charge is 2.24. The van der Waals surface area contributed by atoms with Gasteiger partial charge in [0.15, 0.2) is 5.03 Å². The minimum atomic E-state index is -3.78. The fraction of sp³-hybridized carbons (Fsp3) is 0.333. The molecule has 0 bridgehead atoms. The molecule has 0 spiro atoms. The topological polar surface area (TPSA) is 84.3 Å². The van der Waals surface area contributed by atoms with Crippen LogP contribution in [-0.2, 0) is 28.3 Å². The maximum Gasteiger partial charge on any atom is 0.260 e. The predicted octanol–water partition coefficient (Wildman–Crippen LogP) is 0.678. The van der Waals surface area contributed by atoms with Crippen LogP contribution in [0.15, 0.2) is 41.8 Å². The molecular weight excluding hydrogens is 316 g/mol. The van der Waals surface area contributed by atoms with Crippen molar-refractivity contribution in [3.05, 3.63) is 42.4 Å². The Hall–Kier alpha value is -2.19. The molecule has 23 heavy (non-hydrogen) atoms. The molecule has 0 aliphatic carbocycles. The number of fused-ring (bicyclic) bond motifs is 1. The van der Waals surface area contributed by atoms with Gasteiger partial charge in [-0.15, -0.1) is 0 Å². The van der Waals surface area contributed by atoms with Crippen LogP contribution in [0.2, 0.25) is 0 Å². The molecule has 2 aromatic rings. The number of nitrogens with one attached hydrogen (secondary N) is 1. The number of carbonyl (C=O) groups is 1. The molecule has 0 radical (unpaired) electrons. The van der Waals surface area contributed by atoms with Gasteiger partial charge in [0.25, 0.3) is 10.0 Å². The zero-order valence-corrected chi connectivity index (χ0v) is 13.6. The maximum absolute atomic E-state index is 12.4. The molecule has 1 amide bonds. The molecule has 1 N–H and O–H groups in total. The van der Waals surface area contributed by atoms with Crippen LogP contribution in [0.1, 0.15) is 12.0 Å². The first-order valence-electron chi connectivity index (χ1n) is 7.33. The normalized spacial score (nSPS) is 14.6. The molecule has 1 aromatic heterocycles. The predicted molar refractivity (Wildman–Crippen MR) is 85.5 cm³/mol. The van der Waals surface area contributed by atoms with Crippen molar-refractivity contribution >= 4 is 21.6 Å². The average Bonchev–Trinajstić information content (AvgIpc) is 2.99. The Morgan fingerprint density at radius 1 is 1.35 bits per heavy atom. The molecule has 122 valence electrons. The minimum absolute atomic E-state index is 0.0909. The van der Waals surface area contributed by atoms with Crippen molar-refractivity contribution in [2.24, 2.45) is 7.05 Å². The number of rotatable bonds is 4. The van der Waals surface area contributed by atoms with Crippen molar-refractivity contribution < 1.29 is 13.2 Å². The zero-order chi connectivity index (χ0) is 16.4. The summed E-state index contributed by atoms with van der Waals surface area (Å²) in [5.74, 6) is -0.267. The van der Waals surface area contributed by atoms with E-state index in [1.165, 1.54) is 17.1 Å². The van der Waals surface area contributed by atoms with Gasteiger partial charge in [-0.1, -0.05) is 18.2 Å². The Labute approximate surface area is 135 Å². The summed E-state index contributed by atoms with van der Waals surface area (Å²) < 4.78 is 28.1. The largest absolute Gasteiger partial charge is 0.339 e. The van der Waals surface area contributed by atoms with Crippen molar-refractivity contribution in [2.75, 3.05) is 18.0 Å². The van der Waals surface area contributed by atoms with E-state index in [1.54, 1.807) is 11.9 Å². The van der Waals surface area contributed by atoms with Crippen LogP contribution >= 0.6 is 0 Å². The molecule has 0 saturated carbocycles. The van der Waals surface area contributed by atoms with Crippen molar-refractivity contribution in [3.8, 4) is 0 Å². The fourth-order valence-corrected chi connectivity index (χ4v) is 3.60. The van der Waals surface area contributed by atoms with E-state index in [0.29, 0.717) is 6.54 Å². The number of carbonyl (C=O) groups excluding carboxylic acids is 1. The number of benzene rings is 1.